The SMILES string of the molecule is COCCN(CC(C)C)C(=O)c1c(C)n[nH]c1C. The van der Waals surface area contributed by atoms with Gasteiger partial charge in [-0.05, 0) is 19.8 Å². The van der Waals surface area contributed by atoms with Crippen molar-refractivity contribution < 1.29 is 9.53 Å². The first kappa shape index (κ1) is 14.7. The maximum Gasteiger partial charge on any atom is 0.257 e. The molecule has 102 valence electrons. The number of carbonyl (C=O) groups is 1. The van der Waals surface area contributed by atoms with Crippen molar-refractivity contribution in [2.75, 3.05) is 26.8 Å². The van der Waals surface area contributed by atoms with E-state index in [2.05, 4.69) is 24.0 Å². The largest absolute Gasteiger partial charge is 0.383 e. The summed E-state index contributed by atoms with van der Waals surface area (Å²) in [5.74, 6) is 0.461. The van der Waals surface area contributed by atoms with E-state index in [1.54, 1.807) is 7.11 Å². The number of aromatic amines is 1. The van der Waals surface area contributed by atoms with Crippen molar-refractivity contribution in [3.8, 4) is 0 Å². The molecule has 0 unspecified atom stereocenters. The van der Waals surface area contributed by atoms with Gasteiger partial charge in [-0.25, -0.2) is 0 Å². The second kappa shape index (κ2) is 6.54. The minimum atomic E-state index is 0.0319. The molecule has 0 aliphatic heterocycles. The Hall–Kier alpha value is -1.36. The van der Waals surface area contributed by atoms with E-state index in [0.29, 0.717) is 24.6 Å². The summed E-state index contributed by atoms with van der Waals surface area (Å²) >= 11 is 0. The van der Waals surface area contributed by atoms with Crippen molar-refractivity contribution >= 4 is 5.91 Å². The van der Waals surface area contributed by atoms with E-state index in [1.807, 2.05) is 18.7 Å². The number of aryl methyl sites for hydroxylation is 2. The van der Waals surface area contributed by atoms with Gasteiger partial charge in [0.25, 0.3) is 5.91 Å². The van der Waals surface area contributed by atoms with Crippen LogP contribution >= 0.6 is 0 Å². The molecule has 0 aliphatic carbocycles. The van der Waals surface area contributed by atoms with Gasteiger partial charge in [-0.1, -0.05) is 13.8 Å². The molecule has 1 amide bonds. The molecule has 0 spiro atoms. The molecule has 1 aromatic rings. The highest BCUT2D eigenvalue weighted by molar-refractivity contribution is 5.96. The van der Waals surface area contributed by atoms with Gasteiger partial charge in [0.1, 0.15) is 0 Å². The van der Waals surface area contributed by atoms with Crippen LogP contribution in [0.25, 0.3) is 0 Å². The summed E-state index contributed by atoms with van der Waals surface area (Å²) in [7, 11) is 1.65. The maximum atomic E-state index is 12.5. The summed E-state index contributed by atoms with van der Waals surface area (Å²) in [6.45, 7) is 9.81. The quantitative estimate of drug-likeness (QED) is 0.840. The molecule has 1 N–H and O–H groups in total. The van der Waals surface area contributed by atoms with Crippen LogP contribution in [0.1, 0.15) is 35.6 Å². The molecule has 5 nitrogen and oxygen atoms in total. The monoisotopic (exact) mass is 253 g/mol. The van der Waals surface area contributed by atoms with Gasteiger partial charge in [0.05, 0.1) is 17.9 Å². The lowest BCUT2D eigenvalue weighted by Gasteiger charge is -2.24. The predicted molar refractivity (Wildman–Crippen MR) is 70.7 cm³/mol. The van der Waals surface area contributed by atoms with E-state index in [0.717, 1.165) is 17.9 Å². The Morgan fingerprint density at radius 1 is 1.44 bits per heavy atom. The van der Waals surface area contributed by atoms with Crippen LogP contribution in [0.3, 0.4) is 0 Å². The Morgan fingerprint density at radius 2 is 2.11 bits per heavy atom. The lowest BCUT2D eigenvalue weighted by Crippen LogP contribution is -2.37. The van der Waals surface area contributed by atoms with E-state index in [-0.39, 0.29) is 5.91 Å². The first-order chi connectivity index (χ1) is 8.47. The molecule has 5 heteroatoms. The smallest absolute Gasteiger partial charge is 0.257 e. The van der Waals surface area contributed by atoms with Gasteiger partial charge in [0, 0.05) is 25.9 Å². The molecule has 0 radical (unpaired) electrons. The van der Waals surface area contributed by atoms with Crippen LogP contribution < -0.4 is 0 Å². The normalized spacial score (nSPS) is 11.0. The van der Waals surface area contributed by atoms with Gasteiger partial charge in [0.2, 0.25) is 0 Å². The van der Waals surface area contributed by atoms with Gasteiger partial charge in [-0.3, -0.25) is 9.89 Å². The molecular formula is C13H23N3O2. The molecule has 0 saturated heterocycles. The van der Waals surface area contributed by atoms with Crippen molar-refractivity contribution in [1.82, 2.24) is 15.1 Å². The van der Waals surface area contributed by atoms with Gasteiger partial charge in [-0.2, -0.15) is 5.10 Å². The topological polar surface area (TPSA) is 58.2 Å². The molecule has 0 fully saturated rings. The van der Waals surface area contributed by atoms with Crippen molar-refractivity contribution in [3.05, 3.63) is 17.0 Å². The average molecular weight is 253 g/mol. The van der Waals surface area contributed by atoms with Crippen molar-refractivity contribution in [2.45, 2.75) is 27.7 Å². The zero-order chi connectivity index (χ0) is 13.7. The fourth-order valence-electron chi connectivity index (χ4n) is 1.94. The summed E-state index contributed by atoms with van der Waals surface area (Å²) in [6.07, 6.45) is 0. The first-order valence-electron chi connectivity index (χ1n) is 6.27. The highest BCUT2D eigenvalue weighted by Crippen LogP contribution is 2.14. The predicted octanol–water partition coefficient (Wildman–Crippen LogP) is 1.77. The highest BCUT2D eigenvalue weighted by Gasteiger charge is 2.22. The minimum absolute atomic E-state index is 0.0319. The highest BCUT2D eigenvalue weighted by atomic mass is 16.5. The maximum absolute atomic E-state index is 12.5. The number of aromatic nitrogens is 2. The van der Waals surface area contributed by atoms with Crippen molar-refractivity contribution in [1.29, 1.82) is 0 Å². The fraction of sp³-hybridized carbons (Fsp3) is 0.692. The van der Waals surface area contributed by atoms with Crippen molar-refractivity contribution in [3.63, 3.8) is 0 Å². The zero-order valence-electron chi connectivity index (χ0n) is 11.9. The zero-order valence-corrected chi connectivity index (χ0v) is 11.9. The number of nitrogens with one attached hydrogen (secondary N) is 1. The summed E-state index contributed by atoms with van der Waals surface area (Å²) in [4.78, 5) is 14.3. The molecule has 1 heterocycles. The summed E-state index contributed by atoms with van der Waals surface area (Å²) in [5, 5.41) is 6.93. The molecule has 0 aliphatic rings. The second-order valence-corrected chi connectivity index (χ2v) is 4.95. The molecule has 1 aromatic heterocycles. The minimum Gasteiger partial charge on any atom is -0.383 e. The van der Waals surface area contributed by atoms with Crippen LogP contribution in [0.15, 0.2) is 0 Å². The van der Waals surface area contributed by atoms with Crippen LogP contribution in [0.4, 0.5) is 0 Å². The Bertz CT molecular complexity index is 379. The van der Waals surface area contributed by atoms with E-state index >= 15 is 0 Å². The van der Waals surface area contributed by atoms with Crippen LogP contribution in [0.5, 0.6) is 0 Å². The molecular weight excluding hydrogens is 230 g/mol. The Kier molecular flexibility index (Phi) is 5.34. The molecule has 0 bridgehead atoms. The van der Waals surface area contributed by atoms with Crippen LogP contribution in [-0.4, -0.2) is 47.8 Å². The standard InChI is InChI=1S/C13H23N3O2/c1-9(2)8-16(6-7-18-5)13(17)12-10(3)14-15-11(12)4/h9H,6-8H2,1-5H3,(H,14,15). The molecule has 0 aromatic carbocycles. The van der Waals surface area contributed by atoms with Crippen LogP contribution in [0.2, 0.25) is 0 Å². The lowest BCUT2D eigenvalue weighted by atomic mass is 10.1. The molecule has 0 saturated carbocycles. The van der Waals surface area contributed by atoms with Gasteiger partial charge >= 0.3 is 0 Å². The fourth-order valence-corrected chi connectivity index (χ4v) is 1.94. The van der Waals surface area contributed by atoms with E-state index in [1.165, 1.54) is 0 Å². The number of nitrogens with zero attached hydrogens (tertiary/aromatic N) is 2. The molecule has 18 heavy (non-hydrogen) atoms. The van der Waals surface area contributed by atoms with Crippen LogP contribution in [0, 0.1) is 19.8 Å². The van der Waals surface area contributed by atoms with E-state index < -0.39 is 0 Å². The van der Waals surface area contributed by atoms with E-state index in [4.69, 9.17) is 4.74 Å². The average Bonchev–Trinajstić information content (AvgIpc) is 2.63. The number of amides is 1. The summed E-state index contributed by atoms with van der Waals surface area (Å²) in [6, 6.07) is 0. The Labute approximate surface area is 109 Å². The third-order valence-corrected chi connectivity index (χ3v) is 2.78. The second-order valence-electron chi connectivity index (χ2n) is 4.95. The molecule has 0 atom stereocenters. The van der Waals surface area contributed by atoms with Crippen molar-refractivity contribution in [2.24, 2.45) is 5.92 Å². The number of hydrogen-bond acceptors (Lipinski definition) is 3. The third kappa shape index (κ3) is 3.57. The number of hydrogen-bond donors (Lipinski definition) is 1. The summed E-state index contributed by atoms with van der Waals surface area (Å²) < 4.78 is 5.06. The lowest BCUT2D eigenvalue weighted by molar-refractivity contribution is 0.0671. The van der Waals surface area contributed by atoms with Crippen LogP contribution in [-0.2, 0) is 4.74 Å². The van der Waals surface area contributed by atoms with Gasteiger partial charge < -0.3 is 9.64 Å². The van der Waals surface area contributed by atoms with E-state index in [9.17, 15) is 4.79 Å². The first-order valence-corrected chi connectivity index (χ1v) is 6.27. The number of H-pyrrole nitrogens is 1. The number of methoxy groups -OCH3 is 1. The number of carbonyl (C=O) groups excluding carboxylic acids is 1. The Morgan fingerprint density at radius 3 is 2.56 bits per heavy atom. The number of ether oxygens (including phenoxy) is 1. The molecule has 1 rings (SSSR count). The number of rotatable bonds is 6. The van der Waals surface area contributed by atoms with Gasteiger partial charge in [0.15, 0.2) is 0 Å². The Balaban J connectivity index is 2.87. The third-order valence-electron chi connectivity index (χ3n) is 2.78. The summed E-state index contributed by atoms with van der Waals surface area (Å²) in [5.41, 5.74) is 2.26. The van der Waals surface area contributed by atoms with Gasteiger partial charge in [-0.15, -0.1) is 0 Å².